The van der Waals surface area contributed by atoms with Crippen LogP contribution in [-0.4, -0.2) is 66.5 Å². The maximum Gasteiger partial charge on any atom is 0.272 e. The van der Waals surface area contributed by atoms with Crippen LogP contribution in [0.3, 0.4) is 0 Å². The molecule has 0 radical (unpaired) electrons. The highest BCUT2D eigenvalue weighted by atomic mass is 35.5. The number of aromatic nitrogens is 2. The zero-order valence-electron chi connectivity index (χ0n) is 17.9. The van der Waals surface area contributed by atoms with E-state index in [0.29, 0.717) is 25.5 Å². The van der Waals surface area contributed by atoms with Gasteiger partial charge in [0.15, 0.2) is 5.69 Å². The molecule has 3 aliphatic rings. The molecule has 0 atom stereocenters. The summed E-state index contributed by atoms with van der Waals surface area (Å²) in [6.45, 7) is 7.49. The van der Waals surface area contributed by atoms with E-state index in [1.165, 1.54) is 24.2 Å². The predicted octanol–water partition coefficient (Wildman–Crippen LogP) is 2.57. The van der Waals surface area contributed by atoms with Gasteiger partial charge in [-0.2, -0.15) is 5.10 Å². The van der Waals surface area contributed by atoms with Crippen molar-refractivity contribution in [2.75, 3.05) is 50.8 Å². The van der Waals surface area contributed by atoms with Crippen LogP contribution < -0.4 is 10.2 Å². The van der Waals surface area contributed by atoms with E-state index >= 15 is 0 Å². The zero-order valence-corrected chi connectivity index (χ0v) is 18.6. The summed E-state index contributed by atoms with van der Waals surface area (Å²) in [4.78, 5) is 17.6. The van der Waals surface area contributed by atoms with E-state index in [1.807, 2.05) is 18.2 Å². The number of halogens is 1. The van der Waals surface area contributed by atoms with Crippen LogP contribution in [0.2, 0.25) is 5.02 Å². The summed E-state index contributed by atoms with van der Waals surface area (Å²) in [5.41, 5.74) is 3.91. The molecule has 2 fully saturated rings. The number of fused-ring (bicyclic) bond motifs is 1. The van der Waals surface area contributed by atoms with Crippen molar-refractivity contribution in [1.29, 1.82) is 0 Å². The Kier molecular flexibility index (Phi) is 6.16. The molecule has 2 aliphatic heterocycles. The lowest BCUT2D eigenvalue weighted by atomic mass is 10.1. The second-order valence-corrected chi connectivity index (χ2v) is 9.20. The fourth-order valence-corrected chi connectivity index (χ4v) is 4.69. The second-order valence-electron chi connectivity index (χ2n) is 8.77. The van der Waals surface area contributed by atoms with Crippen molar-refractivity contribution < 1.29 is 9.53 Å². The number of carbonyl (C=O) groups excluding carboxylic acids is 1. The highest BCUT2D eigenvalue weighted by Gasteiger charge is 2.29. The second kappa shape index (κ2) is 9.18. The normalized spacial score (nSPS) is 19.3. The van der Waals surface area contributed by atoms with Gasteiger partial charge in [0.05, 0.1) is 13.2 Å². The molecule has 1 saturated heterocycles. The van der Waals surface area contributed by atoms with E-state index in [4.69, 9.17) is 16.3 Å². The van der Waals surface area contributed by atoms with Gasteiger partial charge in [-0.1, -0.05) is 17.7 Å². The third-order valence-corrected chi connectivity index (χ3v) is 6.73. The van der Waals surface area contributed by atoms with Crippen LogP contribution in [0.5, 0.6) is 0 Å². The van der Waals surface area contributed by atoms with Crippen molar-refractivity contribution in [3.05, 3.63) is 46.2 Å². The Hall–Kier alpha value is -2.09. The van der Waals surface area contributed by atoms with E-state index in [0.717, 1.165) is 62.2 Å². The summed E-state index contributed by atoms with van der Waals surface area (Å²) >= 11 is 6.12. The van der Waals surface area contributed by atoms with Gasteiger partial charge in [-0.25, -0.2) is 0 Å². The van der Waals surface area contributed by atoms with Crippen molar-refractivity contribution in [3.8, 4) is 0 Å². The minimum absolute atomic E-state index is 0.0751. The van der Waals surface area contributed by atoms with Gasteiger partial charge >= 0.3 is 0 Å². The number of anilines is 1. The number of hydrogen-bond donors (Lipinski definition) is 1. The van der Waals surface area contributed by atoms with Crippen LogP contribution >= 0.6 is 11.6 Å². The Morgan fingerprint density at radius 3 is 2.84 bits per heavy atom. The highest BCUT2D eigenvalue weighted by molar-refractivity contribution is 6.30. The van der Waals surface area contributed by atoms with Gasteiger partial charge in [-0.3, -0.25) is 14.4 Å². The Balaban J connectivity index is 1.12. The lowest BCUT2D eigenvalue weighted by molar-refractivity contribution is 0.0920. The standard InChI is InChI=1S/C23H30ClN5O2/c24-18-2-1-3-19(14-18)28-11-9-27(10-12-28)8-7-25-23(30)22-20-16-31-13-6-21(20)29(26-22)15-17-4-5-17/h1-3,14,17H,4-13,15-16H2,(H,25,30). The Labute approximate surface area is 188 Å². The van der Waals surface area contributed by atoms with Crippen LogP contribution in [0.15, 0.2) is 24.3 Å². The van der Waals surface area contributed by atoms with Crippen LogP contribution in [0.1, 0.15) is 34.6 Å². The smallest absolute Gasteiger partial charge is 0.272 e. The van der Waals surface area contributed by atoms with Gasteiger partial charge in [0.2, 0.25) is 0 Å². The minimum atomic E-state index is -0.0751. The van der Waals surface area contributed by atoms with Gasteiger partial charge < -0.3 is 15.0 Å². The number of piperazine rings is 1. The van der Waals surface area contributed by atoms with Crippen molar-refractivity contribution in [2.24, 2.45) is 5.92 Å². The Morgan fingerprint density at radius 1 is 1.23 bits per heavy atom. The van der Waals surface area contributed by atoms with E-state index in [9.17, 15) is 4.79 Å². The fourth-order valence-electron chi connectivity index (χ4n) is 4.50. The number of amides is 1. The molecule has 0 unspecified atom stereocenters. The third-order valence-electron chi connectivity index (χ3n) is 6.50. The molecule has 0 spiro atoms. The van der Waals surface area contributed by atoms with Gasteiger partial charge in [-0.05, 0) is 37.0 Å². The van der Waals surface area contributed by atoms with Crippen LogP contribution in [0.25, 0.3) is 0 Å². The molecule has 1 N–H and O–H groups in total. The molecule has 166 valence electrons. The first-order valence-corrected chi connectivity index (χ1v) is 11.7. The first kappa shape index (κ1) is 20.8. The topological polar surface area (TPSA) is 62.6 Å². The molecule has 1 aromatic carbocycles. The van der Waals surface area contributed by atoms with E-state index in [2.05, 4.69) is 31.0 Å². The summed E-state index contributed by atoms with van der Waals surface area (Å²) in [7, 11) is 0. The molecule has 1 amide bonds. The SMILES string of the molecule is O=C(NCCN1CCN(c2cccc(Cl)c2)CC1)c1nn(CC2CC2)c2c1COCC2. The zero-order chi connectivity index (χ0) is 21.2. The van der Waals surface area contributed by atoms with E-state index in [-0.39, 0.29) is 5.91 Å². The van der Waals surface area contributed by atoms with E-state index in [1.54, 1.807) is 0 Å². The fraction of sp³-hybridized carbons (Fsp3) is 0.565. The van der Waals surface area contributed by atoms with Gasteiger partial charge in [0.25, 0.3) is 5.91 Å². The maximum atomic E-state index is 12.9. The first-order chi connectivity index (χ1) is 15.2. The number of rotatable bonds is 7. The highest BCUT2D eigenvalue weighted by Crippen LogP contribution is 2.32. The number of benzene rings is 1. The molecule has 2 aromatic rings. The van der Waals surface area contributed by atoms with Gasteiger partial charge in [-0.15, -0.1) is 0 Å². The number of carbonyl (C=O) groups is 1. The molecule has 5 rings (SSSR count). The van der Waals surface area contributed by atoms with E-state index < -0.39 is 0 Å². The molecular formula is C23H30ClN5O2. The number of nitrogens with one attached hydrogen (secondary N) is 1. The molecule has 1 aliphatic carbocycles. The molecule has 31 heavy (non-hydrogen) atoms. The number of ether oxygens (including phenoxy) is 1. The summed E-state index contributed by atoms with van der Waals surface area (Å²) in [5, 5.41) is 8.54. The van der Waals surface area contributed by atoms with Crippen LogP contribution in [0, 0.1) is 5.92 Å². The lowest BCUT2D eigenvalue weighted by Crippen LogP contribution is -2.48. The average molecular weight is 444 g/mol. The van der Waals surface area contributed by atoms with Crippen LogP contribution in [0.4, 0.5) is 5.69 Å². The van der Waals surface area contributed by atoms with Crippen molar-refractivity contribution in [1.82, 2.24) is 20.0 Å². The average Bonchev–Trinajstić information content (AvgIpc) is 3.54. The summed E-state index contributed by atoms with van der Waals surface area (Å²) in [6.07, 6.45) is 3.40. The molecule has 3 heterocycles. The molecule has 1 saturated carbocycles. The monoisotopic (exact) mass is 443 g/mol. The van der Waals surface area contributed by atoms with Crippen LogP contribution in [-0.2, 0) is 24.3 Å². The first-order valence-electron chi connectivity index (χ1n) is 11.3. The molecule has 1 aromatic heterocycles. The minimum Gasteiger partial charge on any atom is -0.376 e. The van der Waals surface area contributed by atoms with Gasteiger partial charge in [0, 0.05) is 74.2 Å². The van der Waals surface area contributed by atoms with Gasteiger partial charge in [0.1, 0.15) is 0 Å². The Bertz CT molecular complexity index is 934. The molecule has 7 nitrogen and oxygen atoms in total. The summed E-state index contributed by atoms with van der Waals surface area (Å²) in [6, 6.07) is 8.02. The Morgan fingerprint density at radius 2 is 2.06 bits per heavy atom. The summed E-state index contributed by atoms with van der Waals surface area (Å²) < 4.78 is 7.69. The quantitative estimate of drug-likeness (QED) is 0.712. The predicted molar refractivity (Wildman–Crippen MR) is 121 cm³/mol. The summed E-state index contributed by atoms with van der Waals surface area (Å²) in [5.74, 6) is 0.655. The lowest BCUT2D eigenvalue weighted by Gasteiger charge is -2.36. The van der Waals surface area contributed by atoms with Crippen molar-refractivity contribution in [3.63, 3.8) is 0 Å². The molecule has 0 bridgehead atoms. The number of hydrogen-bond acceptors (Lipinski definition) is 5. The maximum absolute atomic E-state index is 12.9. The number of nitrogens with zero attached hydrogens (tertiary/aromatic N) is 4. The largest absolute Gasteiger partial charge is 0.376 e. The molecular weight excluding hydrogens is 414 g/mol. The molecule has 8 heteroatoms. The van der Waals surface area contributed by atoms with Crippen molar-refractivity contribution in [2.45, 2.75) is 32.4 Å². The third kappa shape index (κ3) is 4.89. The van der Waals surface area contributed by atoms with Crippen molar-refractivity contribution >= 4 is 23.2 Å².